The minimum atomic E-state index is -1.70. The van der Waals surface area contributed by atoms with E-state index in [4.69, 9.17) is 18.9 Å². The molecule has 0 amide bonds. The van der Waals surface area contributed by atoms with Crippen LogP contribution in [0.15, 0.2) is 42.0 Å². The monoisotopic (exact) mass is 671 g/mol. The molecule has 2 aliphatic rings. The molecule has 1 unspecified atom stereocenters. The third-order valence-electron chi connectivity index (χ3n) is 10.0. The molecule has 0 radical (unpaired) electrons. The van der Waals surface area contributed by atoms with E-state index in [9.17, 15) is 24.9 Å². The SMILES string of the molecule is CC[C@H]1OC(=O)[C@H](C)[C@@H](O)[C@H](C)[C@@H](OC2O[C@H](C)C[C@H](N(C)C)[C@H]2O)[C@@](C)(OC)C[C@@H](C)C(=O)/C(CC#Cc2ccccc2)=C/[C@]1(C)O. The fourth-order valence-electron chi connectivity index (χ4n) is 7.01. The van der Waals surface area contributed by atoms with Gasteiger partial charge in [0.05, 0.1) is 29.8 Å². The Morgan fingerprint density at radius 2 is 1.69 bits per heavy atom. The zero-order valence-corrected chi connectivity index (χ0v) is 30.3. The molecule has 0 saturated carbocycles. The zero-order valence-electron chi connectivity index (χ0n) is 30.3. The van der Waals surface area contributed by atoms with Gasteiger partial charge in [-0.1, -0.05) is 50.8 Å². The molecule has 1 aromatic carbocycles. The van der Waals surface area contributed by atoms with Gasteiger partial charge in [0.25, 0.3) is 0 Å². The van der Waals surface area contributed by atoms with Gasteiger partial charge < -0.3 is 39.2 Å². The lowest BCUT2D eigenvalue weighted by atomic mass is 9.76. The minimum absolute atomic E-state index is 0.0552. The Morgan fingerprint density at radius 1 is 1.04 bits per heavy atom. The molecule has 1 saturated heterocycles. The Balaban J connectivity index is 2.11. The number of ketones is 1. The van der Waals surface area contributed by atoms with Gasteiger partial charge in [0.2, 0.25) is 0 Å². The van der Waals surface area contributed by atoms with Gasteiger partial charge >= 0.3 is 5.97 Å². The number of likely N-dealkylation sites (N-methyl/N-ethyl adjacent to an activating group) is 1. The maximum absolute atomic E-state index is 14.2. The van der Waals surface area contributed by atoms with Gasteiger partial charge in [0, 0.05) is 42.5 Å². The van der Waals surface area contributed by atoms with Crippen LogP contribution in [0.25, 0.3) is 0 Å². The fourth-order valence-corrected chi connectivity index (χ4v) is 7.01. The molecule has 12 atom stereocenters. The number of methoxy groups -OCH3 is 1. The molecule has 2 heterocycles. The van der Waals surface area contributed by atoms with Gasteiger partial charge in [-0.3, -0.25) is 9.59 Å². The molecule has 10 heteroatoms. The molecule has 3 rings (SSSR count). The van der Waals surface area contributed by atoms with Gasteiger partial charge in [0.15, 0.2) is 12.1 Å². The average Bonchev–Trinajstić information content (AvgIpc) is 3.04. The predicted molar refractivity (Wildman–Crippen MR) is 183 cm³/mol. The van der Waals surface area contributed by atoms with Crippen LogP contribution in [0, 0.1) is 29.6 Å². The Bertz CT molecular complexity index is 1320. The summed E-state index contributed by atoms with van der Waals surface area (Å²) in [4.78, 5) is 29.7. The second-order valence-corrected chi connectivity index (χ2v) is 14.3. The number of ether oxygens (including phenoxy) is 4. The van der Waals surface area contributed by atoms with Crippen LogP contribution in [0.2, 0.25) is 0 Å². The summed E-state index contributed by atoms with van der Waals surface area (Å²) in [5.74, 6) is 2.81. The van der Waals surface area contributed by atoms with Crippen molar-refractivity contribution < 1.29 is 43.9 Å². The van der Waals surface area contributed by atoms with E-state index in [2.05, 4.69) is 11.8 Å². The number of cyclic esters (lactones) is 1. The van der Waals surface area contributed by atoms with Gasteiger partial charge in [-0.05, 0) is 79.3 Å². The smallest absolute Gasteiger partial charge is 0.311 e. The molecule has 1 fully saturated rings. The number of Topliss-reactive ketones (excluding diaryl/α,β-unsaturated/α-hetero) is 1. The second kappa shape index (κ2) is 16.9. The summed E-state index contributed by atoms with van der Waals surface area (Å²) in [7, 11) is 5.27. The summed E-state index contributed by atoms with van der Waals surface area (Å²) < 4.78 is 24.7. The normalized spacial score (nSPS) is 39.8. The molecule has 2 aliphatic heterocycles. The number of hydrogen-bond donors (Lipinski definition) is 3. The quantitative estimate of drug-likeness (QED) is 0.302. The molecule has 48 heavy (non-hydrogen) atoms. The molecule has 0 spiro atoms. The lowest BCUT2D eigenvalue weighted by Crippen LogP contribution is -2.59. The number of allylic oxidation sites excluding steroid dienone is 1. The highest BCUT2D eigenvalue weighted by Gasteiger charge is 2.49. The van der Waals surface area contributed by atoms with E-state index in [-0.39, 0.29) is 42.8 Å². The summed E-state index contributed by atoms with van der Waals surface area (Å²) in [6.07, 6.45) is -2.98. The first-order valence-electron chi connectivity index (χ1n) is 17.1. The van der Waals surface area contributed by atoms with Crippen LogP contribution in [-0.2, 0) is 28.5 Å². The van der Waals surface area contributed by atoms with Gasteiger partial charge in [0.1, 0.15) is 17.8 Å². The lowest BCUT2D eigenvalue weighted by Gasteiger charge is -2.47. The molecule has 3 N–H and O–H groups in total. The third kappa shape index (κ3) is 9.54. The number of nitrogens with zero attached hydrogens (tertiary/aromatic N) is 1. The Labute approximate surface area is 286 Å². The zero-order chi connectivity index (χ0) is 36.0. The van der Waals surface area contributed by atoms with Crippen LogP contribution in [0.1, 0.15) is 79.7 Å². The van der Waals surface area contributed by atoms with E-state index >= 15 is 0 Å². The highest BCUT2D eigenvalue weighted by Crippen LogP contribution is 2.38. The Hall–Kier alpha value is -2.62. The topological polar surface area (TPSA) is 135 Å². The van der Waals surface area contributed by atoms with Crippen LogP contribution in [0.3, 0.4) is 0 Å². The number of aliphatic hydroxyl groups is 3. The first-order valence-corrected chi connectivity index (χ1v) is 17.1. The van der Waals surface area contributed by atoms with E-state index in [0.717, 1.165) is 5.56 Å². The largest absolute Gasteiger partial charge is 0.459 e. The maximum Gasteiger partial charge on any atom is 0.311 e. The van der Waals surface area contributed by atoms with Crippen LogP contribution < -0.4 is 0 Å². The van der Waals surface area contributed by atoms with Crippen molar-refractivity contribution in [3.8, 4) is 11.8 Å². The molecule has 0 aromatic heterocycles. The van der Waals surface area contributed by atoms with Crippen molar-refractivity contribution in [2.45, 2.75) is 128 Å². The highest BCUT2D eigenvalue weighted by atomic mass is 16.7. The van der Waals surface area contributed by atoms with E-state index in [1.165, 1.54) is 20.1 Å². The number of rotatable bonds is 6. The number of benzene rings is 1. The predicted octanol–water partition coefficient (Wildman–Crippen LogP) is 3.89. The highest BCUT2D eigenvalue weighted by molar-refractivity contribution is 5.97. The number of esters is 1. The summed E-state index contributed by atoms with van der Waals surface area (Å²) in [5.41, 5.74) is -1.82. The molecule has 268 valence electrons. The van der Waals surface area contributed by atoms with Gasteiger partial charge in [-0.25, -0.2) is 0 Å². The van der Waals surface area contributed by atoms with Crippen molar-refractivity contribution in [1.82, 2.24) is 4.90 Å². The van der Waals surface area contributed by atoms with E-state index in [0.29, 0.717) is 6.42 Å². The van der Waals surface area contributed by atoms with Crippen molar-refractivity contribution in [2.75, 3.05) is 21.2 Å². The first kappa shape index (κ1) is 39.8. The third-order valence-corrected chi connectivity index (χ3v) is 10.0. The molecule has 1 aromatic rings. The van der Waals surface area contributed by atoms with Crippen LogP contribution >= 0.6 is 0 Å². The van der Waals surface area contributed by atoms with E-state index in [1.54, 1.807) is 34.6 Å². The van der Waals surface area contributed by atoms with Crippen molar-refractivity contribution in [1.29, 1.82) is 0 Å². The first-order chi connectivity index (χ1) is 22.4. The average molecular weight is 672 g/mol. The summed E-state index contributed by atoms with van der Waals surface area (Å²) in [5, 5.41) is 34.6. The number of aliphatic hydroxyl groups excluding tert-OH is 2. The van der Waals surface area contributed by atoms with Crippen LogP contribution in [0.4, 0.5) is 0 Å². The van der Waals surface area contributed by atoms with Crippen molar-refractivity contribution >= 4 is 11.8 Å². The Kier molecular flexibility index (Phi) is 14.0. The lowest BCUT2D eigenvalue weighted by molar-refractivity contribution is -0.301. The molecule has 0 aliphatic carbocycles. The Morgan fingerprint density at radius 3 is 2.27 bits per heavy atom. The molecular formula is C38H57NO9. The standard InChI is InChI=1S/C38H57NO9/c1-11-30-37(6,44)22-28(19-15-18-27-16-13-12-14-17-27)31(40)23(2)21-38(7,45-10)34(25(4)32(41)26(5)35(43)47-30)48-36-33(42)29(39(8)9)20-24(3)46-36/h12-14,16-17,22-26,29-30,32-34,36,41-42,44H,11,19-21H2,1-10H3/b28-22+/t23-,24-,25+,26-,29+,30-,32+,33-,34-,36?,37+,38+/m1/s1. The number of carbonyl (C=O) groups excluding carboxylic acids is 2. The van der Waals surface area contributed by atoms with Crippen LogP contribution in [0.5, 0.6) is 0 Å². The fraction of sp³-hybridized carbons (Fsp3) is 0.684. The summed E-state index contributed by atoms with van der Waals surface area (Å²) in [6, 6.07) is 9.15. The summed E-state index contributed by atoms with van der Waals surface area (Å²) in [6.45, 7) is 12.1. The minimum Gasteiger partial charge on any atom is -0.459 e. The molecular weight excluding hydrogens is 614 g/mol. The number of hydrogen-bond acceptors (Lipinski definition) is 10. The second-order valence-electron chi connectivity index (χ2n) is 14.3. The number of carbonyl (C=O) groups is 2. The van der Waals surface area contributed by atoms with Crippen molar-refractivity contribution in [3.63, 3.8) is 0 Å². The molecule has 10 nitrogen and oxygen atoms in total. The molecule has 0 bridgehead atoms. The van der Waals surface area contributed by atoms with Gasteiger partial charge in [-0.15, -0.1) is 0 Å². The van der Waals surface area contributed by atoms with Gasteiger partial charge in [-0.2, -0.15) is 0 Å². The maximum atomic E-state index is 14.2. The summed E-state index contributed by atoms with van der Waals surface area (Å²) >= 11 is 0. The van der Waals surface area contributed by atoms with E-state index < -0.39 is 65.6 Å². The van der Waals surface area contributed by atoms with Crippen molar-refractivity contribution in [3.05, 3.63) is 47.5 Å². The van der Waals surface area contributed by atoms with Crippen LogP contribution in [-0.4, -0.2) is 107 Å². The van der Waals surface area contributed by atoms with E-state index in [1.807, 2.05) is 56.3 Å². The van der Waals surface area contributed by atoms with Crippen molar-refractivity contribution in [2.24, 2.45) is 17.8 Å².